The number of carbonyl (C=O) groups is 1. The average Bonchev–Trinajstić information content (AvgIpc) is 2.89. The zero-order valence-corrected chi connectivity index (χ0v) is 13.5. The first-order valence-corrected chi connectivity index (χ1v) is 8.44. The van der Waals surface area contributed by atoms with E-state index in [2.05, 4.69) is 27.6 Å². The molecule has 6 nitrogen and oxygen atoms in total. The molecule has 1 aromatic heterocycles. The largest absolute Gasteiger partial charge is 0.438 e. The zero-order valence-electron chi connectivity index (χ0n) is 13.5. The maximum atomic E-state index is 11.7. The second-order valence-electron chi connectivity index (χ2n) is 6.16. The van der Waals surface area contributed by atoms with Crippen molar-refractivity contribution in [2.24, 2.45) is 0 Å². The molecule has 3 heterocycles. The van der Waals surface area contributed by atoms with E-state index >= 15 is 0 Å². The maximum Gasteiger partial charge on any atom is 0.238 e. The minimum Gasteiger partial charge on any atom is -0.438 e. The van der Waals surface area contributed by atoms with Crippen LogP contribution in [0, 0.1) is 0 Å². The smallest absolute Gasteiger partial charge is 0.238 e. The highest BCUT2D eigenvalue weighted by Gasteiger charge is 2.23. The summed E-state index contributed by atoms with van der Waals surface area (Å²) in [6, 6.07) is 9.74. The SMILES string of the molecule is O=C1CCCN1c1ccc(Oc2ccc3c(c2)CCNCC3)nn1. The lowest BCUT2D eigenvalue weighted by atomic mass is 10.0. The topological polar surface area (TPSA) is 67.3 Å². The summed E-state index contributed by atoms with van der Waals surface area (Å²) in [6.07, 6.45) is 3.52. The molecule has 0 unspecified atom stereocenters. The number of amides is 1. The standard InChI is InChI=1S/C18H20N4O2/c23-18-2-1-11-22(18)16-5-6-17(21-20-16)24-15-4-3-13-7-9-19-10-8-14(13)12-15/h3-6,12,19H,1-2,7-11H2. The van der Waals surface area contributed by atoms with Gasteiger partial charge in [0.05, 0.1) is 0 Å². The van der Waals surface area contributed by atoms with E-state index in [0.717, 1.165) is 38.1 Å². The summed E-state index contributed by atoms with van der Waals surface area (Å²) in [6.45, 7) is 2.73. The second-order valence-corrected chi connectivity index (χ2v) is 6.16. The van der Waals surface area contributed by atoms with Gasteiger partial charge in [0.15, 0.2) is 5.82 Å². The Kier molecular flexibility index (Phi) is 4.13. The fourth-order valence-electron chi connectivity index (χ4n) is 3.24. The molecule has 0 aliphatic carbocycles. The molecule has 6 heteroatoms. The van der Waals surface area contributed by atoms with E-state index in [1.165, 1.54) is 11.1 Å². The van der Waals surface area contributed by atoms with E-state index in [9.17, 15) is 4.79 Å². The lowest BCUT2D eigenvalue weighted by molar-refractivity contribution is -0.117. The van der Waals surface area contributed by atoms with Crippen LogP contribution in [0.5, 0.6) is 11.6 Å². The van der Waals surface area contributed by atoms with Crippen molar-refractivity contribution in [2.75, 3.05) is 24.5 Å². The van der Waals surface area contributed by atoms with Gasteiger partial charge >= 0.3 is 0 Å². The minimum absolute atomic E-state index is 0.109. The number of hydrogen-bond donors (Lipinski definition) is 1. The van der Waals surface area contributed by atoms with Crippen LogP contribution in [0.1, 0.15) is 24.0 Å². The Labute approximate surface area is 140 Å². The fourth-order valence-corrected chi connectivity index (χ4v) is 3.24. The quantitative estimate of drug-likeness (QED) is 0.936. The summed E-state index contributed by atoms with van der Waals surface area (Å²) in [5.41, 5.74) is 2.70. The molecule has 2 aromatic rings. The predicted octanol–water partition coefficient (Wildman–Crippen LogP) is 2.08. The van der Waals surface area contributed by atoms with Gasteiger partial charge < -0.3 is 10.1 Å². The number of rotatable bonds is 3. The highest BCUT2D eigenvalue weighted by Crippen LogP contribution is 2.25. The molecule has 2 aliphatic heterocycles. The Morgan fingerprint density at radius 3 is 2.62 bits per heavy atom. The molecule has 4 rings (SSSR count). The molecule has 1 saturated heterocycles. The first-order chi connectivity index (χ1) is 11.8. The van der Waals surface area contributed by atoms with Gasteiger partial charge in [-0.15, -0.1) is 10.2 Å². The monoisotopic (exact) mass is 324 g/mol. The lowest BCUT2D eigenvalue weighted by Gasteiger charge is -2.14. The van der Waals surface area contributed by atoms with E-state index in [4.69, 9.17) is 4.74 Å². The van der Waals surface area contributed by atoms with Gasteiger partial charge in [0, 0.05) is 19.0 Å². The van der Waals surface area contributed by atoms with Gasteiger partial charge in [-0.2, -0.15) is 0 Å². The van der Waals surface area contributed by atoms with Crippen molar-refractivity contribution < 1.29 is 9.53 Å². The normalized spacial score (nSPS) is 17.5. The van der Waals surface area contributed by atoms with Crippen LogP contribution in [0.2, 0.25) is 0 Å². The third kappa shape index (κ3) is 3.10. The second kappa shape index (κ2) is 6.57. The summed E-state index contributed by atoms with van der Waals surface area (Å²) in [7, 11) is 0. The Hall–Kier alpha value is -2.47. The van der Waals surface area contributed by atoms with Gasteiger partial charge in [-0.05, 0) is 61.7 Å². The first kappa shape index (κ1) is 15.1. The Morgan fingerprint density at radius 1 is 1.00 bits per heavy atom. The number of fused-ring (bicyclic) bond motifs is 1. The summed E-state index contributed by atoms with van der Waals surface area (Å²) in [5, 5.41) is 11.6. The van der Waals surface area contributed by atoms with E-state index < -0.39 is 0 Å². The van der Waals surface area contributed by atoms with E-state index in [-0.39, 0.29) is 5.91 Å². The molecule has 1 N–H and O–H groups in total. The van der Waals surface area contributed by atoms with Gasteiger partial charge in [0.25, 0.3) is 0 Å². The Bertz CT molecular complexity index is 745. The van der Waals surface area contributed by atoms with Gasteiger partial charge in [0.1, 0.15) is 5.75 Å². The lowest BCUT2D eigenvalue weighted by Crippen LogP contribution is -2.24. The summed E-state index contributed by atoms with van der Waals surface area (Å²) in [5.74, 6) is 1.92. The van der Waals surface area contributed by atoms with Gasteiger partial charge in [0.2, 0.25) is 11.8 Å². The number of ether oxygens (including phenoxy) is 1. The molecule has 1 fully saturated rings. The van der Waals surface area contributed by atoms with Crippen molar-refractivity contribution in [2.45, 2.75) is 25.7 Å². The average molecular weight is 324 g/mol. The highest BCUT2D eigenvalue weighted by molar-refractivity contribution is 5.94. The van der Waals surface area contributed by atoms with Gasteiger partial charge in [-0.3, -0.25) is 9.69 Å². The molecule has 124 valence electrons. The van der Waals surface area contributed by atoms with Gasteiger partial charge in [-0.1, -0.05) is 6.07 Å². The first-order valence-electron chi connectivity index (χ1n) is 8.44. The number of nitrogens with zero attached hydrogens (tertiary/aromatic N) is 3. The fraction of sp³-hybridized carbons (Fsp3) is 0.389. The number of hydrogen-bond acceptors (Lipinski definition) is 5. The third-order valence-corrected chi connectivity index (χ3v) is 4.52. The molecule has 0 atom stereocenters. The van der Waals surface area contributed by atoms with Gasteiger partial charge in [-0.25, -0.2) is 0 Å². The van der Waals surface area contributed by atoms with Crippen molar-refractivity contribution in [1.82, 2.24) is 15.5 Å². The minimum atomic E-state index is 0.109. The van der Waals surface area contributed by atoms with Crippen LogP contribution in [-0.2, 0) is 17.6 Å². The van der Waals surface area contributed by atoms with E-state index in [0.29, 0.717) is 24.7 Å². The van der Waals surface area contributed by atoms with Crippen LogP contribution in [0.25, 0.3) is 0 Å². The van der Waals surface area contributed by atoms with Crippen molar-refractivity contribution in [3.05, 3.63) is 41.5 Å². The Morgan fingerprint density at radius 2 is 1.88 bits per heavy atom. The molecular formula is C18H20N4O2. The van der Waals surface area contributed by atoms with E-state index in [1.54, 1.807) is 17.0 Å². The van der Waals surface area contributed by atoms with Crippen LogP contribution in [-0.4, -0.2) is 35.7 Å². The number of benzene rings is 1. The predicted molar refractivity (Wildman–Crippen MR) is 90.4 cm³/mol. The zero-order chi connectivity index (χ0) is 16.4. The van der Waals surface area contributed by atoms with Crippen LogP contribution in [0.4, 0.5) is 5.82 Å². The number of anilines is 1. The maximum absolute atomic E-state index is 11.7. The number of aromatic nitrogens is 2. The molecule has 1 aromatic carbocycles. The summed E-state index contributed by atoms with van der Waals surface area (Å²) >= 11 is 0. The summed E-state index contributed by atoms with van der Waals surface area (Å²) in [4.78, 5) is 13.4. The van der Waals surface area contributed by atoms with Crippen LogP contribution < -0.4 is 15.0 Å². The molecular weight excluding hydrogens is 304 g/mol. The number of carbonyl (C=O) groups excluding carboxylic acids is 1. The third-order valence-electron chi connectivity index (χ3n) is 4.52. The van der Waals surface area contributed by atoms with Crippen LogP contribution in [0.15, 0.2) is 30.3 Å². The number of nitrogens with one attached hydrogen (secondary N) is 1. The molecule has 0 bridgehead atoms. The Balaban J connectivity index is 1.49. The molecule has 2 aliphatic rings. The molecule has 24 heavy (non-hydrogen) atoms. The molecule has 1 amide bonds. The van der Waals surface area contributed by atoms with E-state index in [1.807, 2.05) is 6.07 Å². The van der Waals surface area contributed by atoms with Crippen LogP contribution >= 0.6 is 0 Å². The van der Waals surface area contributed by atoms with Crippen molar-refractivity contribution >= 4 is 11.7 Å². The van der Waals surface area contributed by atoms with Crippen molar-refractivity contribution in [3.8, 4) is 11.6 Å². The highest BCUT2D eigenvalue weighted by atomic mass is 16.5. The van der Waals surface area contributed by atoms with Crippen LogP contribution in [0.3, 0.4) is 0 Å². The van der Waals surface area contributed by atoms with Crippen molar-refractivity contribution in [3.63, 3.8) is 0 Å². The van der Waals surface area contributed by atoms with Crippen molar-refractivity contribution in [1.29, 1.82) is 0 Å². The molecule has 0 spiro atoms. The molecule has 0 radical (unpaired) electrons. The summed E-state index contributed by atoms with van der Waals surface area (Å²) < 4.78 is 5.83. The molecule has 0 saturated carbocycles.